The van der Waals surface area contributed by atoms with E-state index >= 15 is 0 Å². The van der Waals surface area contributed by atoms with Gasteiger partial charge >= 0.3 is 0 Å². The van der Waals surface area contributed by atoms with E-state index in [-0.39, 0.29) is 17.5 Å². The number of aromatic nitrogens is 1. The fraction of sp³-hybridized carbons (Fsp3) is 0.174. The van der Waals surface area contributed by atoms with Crippen molar-refractivity contribution in [2.45, 2.75) is 51.4 Å². The van der Waals surface area contributed by atoms with Crippen molar-refractivity contribution < 1.29 is 0 Å². The summed E-state index contributed by atoms with van der Waals surface area (Å²) < 4.78 is 5.42. The van der Waals surface area contributed by atoms with Crippen LogP contribution in [-0.4, -0.2) is 11.3 Å². The number of rotatable bonds is 2. The largest absolute Gasteiger partial charge is 0.311 e. The molecule has 11 rings (SSSR count). The van der Waals surface area contributed by atoms with Crippen molar-refractivity contribution >= 4 is 82.7 Å². The van der Waals surface area contributed by atoms with Crippen molar-refractivity contribution in [1.29, 1.82) is 0 Å². The van der Waals surface area contributed by atoms with Crippen LogP contribution >= 0.6 is 11.3 Å². The molecule has 0 bridgehead atoms. The molecule has 8 aromatic rings. The molecule has 6 aromatic carbocycles. The lowest BCUT2D eigenvalue weighted by Gasteiger charge is -2.42. The maximum absolute atomic E-state index is 2.61. The minimum atomic E-state index is 0.148. The van der Waals surface area contributed by atoms with Crippen molar-refractivity contribution in [2.75, 3.05) is 4.90 Å². The summed E-state index contributed by atoms with van der Waals surface area (Å²) in [5.41, 5.74) is 16.5. The van der Waals surface area contributed by atoms with Gasteiger partial charge < -0.3 is 9.47 Å². The average molecular weight is 661 g/mol. The van der Waals surface area contributed by atoms with Gasteiger partial charge in [-0.05, 0) is 116 Å². The fourth-order valence-electron chi connectivity index (χ4n) is 9.65. The van der Waals surface area contributed by atoms with Crippen LogP contribution in [0.4, 0.5) is 17.1 Å². The molecule has 2 aliphatic heterocycles. The van der Waals surface area contributed by atoms with Gasteiger partial charge in [0.05, 0.1) is 11.0 Å². The highest BCUT2D eigenvalue weighted by atomic mass is 32.1. The lowest BCUT2D eigenvalue weighted by atomic mass is 9.39. The smallest absolute Gasteiger partial charge is 0.260 e. The number of benzene rings is 6. The maximum Gasteiger partial charge on any atom is 0.260 e. The van der Waals surface area contributed by atoms with E-state index in [0.29, 0.717) is 0 Å². The van der Waals surface area contributed by atoms with Gasteiger partial charge in [-0.1, -0.05) is 100 Å². The fourth-order valence-corrected chi connectivity index (χ4v) is 11.0. The zero-order chi connectivity index (χ0) is 33.5. The molecule has 0 atom stereocenters. The summed E-state index contributed by atoms with van der Waals surface area (Å²) in [4.78, 5) is 2.52. The van der Waals surface area contributed by atoms with Gasteiger partial charge in [-0.25, -0.2) is 0 Å². The first kappa shape index (κ1) is 28.8. The summed E-state index contributed by atoms with van der Waals surface area (Å²) in [6.07, 6.45) is 2.44. The monoisotopic (exact) mass is 660 g/mol. The van der Waals surface area contributed by atoms with Crippen LogP contribution in [0.15, 0.2) is 127 Å². The second-order valence-electron chi connectivity index (χ2n) is 16.0. The van der Waals surface area contributed by atoms with Crippen LogP contribution in [0.3, 0.4) is 0 Å². The molecule has 4 heterocycles. The van der Waals surface area contributed by atoms with Crippen LogP contribution in [0.1, 0.15) is 51.7 Å². The van der Waals surface area contributed by atoms with Gasteiger partial charge in [-0.3, -0.25) is 0 Å². The Morgan fingerprint density at radius 3 is 1.92 bits per heavy atom. The Bertz CT molecular complexity index is 2680. The molecule has 3 aliphatic rings. The third-order valence-corrected chi connectivity index (χ3v) is 13.5. The first-order valence-corrected chi connectivity index (χ1v) is 18.8. The molecule has 0 N–H and O–H groups in total. The lowest BCUT2D eigenvalue weighted by Crippen LogP contribution is -2.54. The SMILES string of the molecule is CC1(C)CCC(C)(C)c2cc3c4c(sc3cc21)B1c2ccccc2N(c2ccccc2)c2cc(-n3c5ccccc5c5ccccc53)cc-4c21. The van der Waals surface area contributed by atoms with Gasteiger partial charge in [0.25, 0.3) is 6.71 Å². The van der Waals surface area contributed by atoms with Gasteiger partial charge in [-0.15, -0.1) is 11.3 Å². The Labute approximate surface area is 297 Å². The number of thiophene rings is 1. The molecule has 0 spiro atoms. The van der Waals surface area contributed by atoms with Gasteiger partial charge in [0, 0.05) is 43.6 Å². The third kappa shape index (κ3) is 3.70. The highest BCUT2D eigenvalue weighted by Gasteiger charge is 2.46. The topological polar surface area (TPSA) is 8.17 Å². The number of fused-ring (bicyclic) bond motifs is 11. The molecular formula is C46H37BN2S. The molecule has 0 unspecified atom stereocenters. The van der Waals surface area contributed by atoms with Gasteiger partial charge in [0.1, 0.15) is 0 Å². The summed E-state index contributed by atoms with van der Waals surface area (Å²) in [5.74, 6) is 0. The van der Waals surface area contributed by atoms with Crippen LogP contribution in [0.25, 0.3) is 48.7 Å². The minimum Gasteiger partial charge on any atom is -0.311 e. The number of para-hydroxylation sites is 4. The molecule has 50 heavy (non-hydrogen) atoms. The summed E-state index contributed by atoms with van der Waals surface area (Å²) in [5, 5.41) is 4.01. The van der Waals surface area contributed by atoms with Crippen LogP contribution in [-0.2, 0) is 10.8 Å². The van der Waals surface area contributed by atoms with Crippen molar-refractivity contribution in [3.63, 3.8) is 0 Å². The highest BCUT2D eigenvalue weighted by molar-refractivity contribution is 7.34. The molecule has 0 saturated carbocycles. The normalized spacial score (nSPS) is 16.5. The molecule has 0 radical (unpaired) electrons. The summed E-state index contributed by atoms with van der Waals surface area (Å²) >= 11 is 2.04. The molecule has 0 saturated heterocycles. The quantitative estimate of drug-likeness (QED) is 0.168. The van der Waals surface area contributed by atoms with Crippen LogP contribution in [0.2, 0.25) is 0 Å². The van der Waals surface area contributed by atoms with E-state index in [1.54, 1.807) is 5.56 Å². The maximum atomic E-state index is 2.61. The van der Waals surface area contributed by atoms with Crippen molar-refractivity contribution in [1.82, 2.24) is 4.57 Å². The Balaban J connectivity index is 1.29. The number of nitrogens with zero attached hydrogens (tertiary/aromatic N) is 2. The minimum absolute atomic E-state index is 0.148. The molecule has 1 aliphatic carbocycles. The molecule has 0 amide bonds. The average Bonchev–Trinajstić information content (AvgIpc) is 3.78. The van der Waals surface area contributed by atoms with Crippen molar-refractivity contribution in [3.8, 4) is 16.8 Å². The standard InChI is InChI=1S/C46H37BN2S/c1-45(2)22-23-46(3,4)35-27-41-32(26-34(35)45)42-33-24-29(49-37-19-11-8-16-30(37)31-17-9-12-20-38(31)49)25-40-43(33)47(44(42)50-41)36-18-10-13-21-39(36)48(40)28-14-6-5-7-15-28/h5-21,24-27H,22-23H2,1-4H3. The lowest BCUT2D eigenvalue weighted by molar-refractivity contribution is 0.332. The zero-order valence-electron chi connectivity index (χ0n) is 28.9. The van der Waals surface area contributed by atoms with E-state index in [2.05, 4.69) is 165 Å². The van der Waals surface area contributed by atoms with E-state index in [1.807, 2.05) is 11.3 Å². The van der Waals surface area contributed by atoms with E-state index in [4.69, 9.17) is 0 Å². The number of hydrogen-bond acceptors (Lipinski definition) is 2. The van der Waals surface area contributed by atoms with E-state index in [1.165, 1.54) is 99.9 Å². The Morgan fingerprint density at radius 1 is 0.580 bits per heavy atom. The zero-order valence-corrected chi connectivity index (χ0v) is 29.7. The second-order valence-corrected chi connectivity index (χ2v) is 17.0. The predicted molar refractivity (Wildman–Crippen MR) is 216 cm³/mol. The number of anilines is 3. The molecule has 2 nitrogen and oxygen atoms in total. The molecular weight excluding hydrogens is 623 g/mol. The number of hydrogen-bond donors (Lipinski definition) is 0. The molecule has 0 fully saturated rings. The first-order chi connectivity index (χ1) is 24.3. The molecule has 240 valence electrons. The van der Waals surface area contributed by atoms with Crippen molar-refractivity contribution in [2.24, 2.45) is 0 Å². The van der Waals surface area contributed by atoms with Gasteiger partial charge in [-0.2, -0.15) is 0 Å². The van der Waals surface area contributed by atoms with Crippen LogP contribution < -0.4 is 20.6 Å². The van der Waals surface area contributed by atoms with E-state index in [9.17, 15) is 0 Å². The summed E-state index contributed by atoms with van der Waals surface area (Å²) in [7, 11) is 0. The van der Waals surface area contributed by atoms with Crippen molar-refractivity contribution in [3.05, 3.63) is 139 Å². The molecule has 4 heteroatoms. The molecule has 2 aromatic heterocycles. The Morgan fingerprint density at radius 2 is 1.20 bits per heavy atom. The van der Waals surface area contributed by atoms with E-state index in [0.717, 1.165) is 0 Å². The second kappa shape index (κ2) is 9.80. The summed E-state index contributed by atoms with van der Waals surface area (Å²) in [6.45, 7) is 10.0. The first-order valence-electron chi connectivity index (χ1n) is 18.0. The Kier molecular flexibility index (Phi) is 5.63. The highest BCUT2D eigenvalue weighted by Crippen LogP contribution is 2.51. The van der Waals surface area contributed by atoms with E-state index < -0.39 is 0 Å². The predicted octanol–water partition coefficient (Wildman–Crippen LogP) is 10.6. The van der Waals surface area contributed by atoms with Gasteiger partial charge in [0.2, 0.25) is 0 Å². The summed E-state index contributed by atoms with van der Waals surface area (Å²) in [6, 6.07) is 48.1. The van der Waals surface area contributed by atoms with Crippen LogP contribution in [0.5, 0.6) is 0 Å². The third-order valence-electron chi connectivity index (χ3n) is 12.2. The van der Waals surface area contributed by atoms with Gasteiger partial charge in [0.15, 0.2) is 0 Å². The van der Waals surface area contributed by atoms with Crippen LogP contribution in [0, 0.1) is 0 Å². The Hall–Kier alpha value is -5.06.